The van der Waals surface area contributed by atoms with Crippen molar-refractivity contribution < 1.29 is 4.52 Å². The second-order valence-corrected chi connectivity index (χ2v) is 4.75. The fourth-order valence-electron chi connectivity index (χ4n) is 2.18. The van der Waals surface area contributed by atoms with Crippen LogP contribution in [-0.4, -0.2) is 22.7 Å². The minimum Gasteiger partial charge on any atom is -0.339 e. The molecule has 2 fully saturated rings. The summed E-state index contributed by atoms with van der Waals surface area (Å²) in [5.74, 6) is 2.55. The van der Waals surface area contributed by atoms with Gasteiger partial charge in [-0.05, 0) is 38.1 Å². The fourth-order valence-corrected chi connectivity index (χ4v) is 2.18. The molecular weight excluding hydrogens is 226 g/mol. The maximum Gasteiger partial charge on any atom is 0.228 e. The number of rotatable bonds is 4. The number of halogens is 1. The minimum absolute atomic E-state index is 0. The first-order valence-corrected chi connectivity index (χ1v) is 5.95. The SMILES string of the molecule is C1CNC(Cc2nc(CC3CC3)no2)C1.Cl. The van der Waals surface area contributed by atoms with Crippen molar-refractivity contribution in [2.45, 2.75) is 44.6 Å². The molecule has 5 heteroatoms. The number of aromatic nitrogens is 2. The zero-order valence-corrected chi connectivity index (χ0v) is 10.1. The highest BCUT2D eigenvalue weighted by Crippen LogP contribution is 2.31. The number of nitrogens with zero attached hydrogens (tertiary/aromatic N) is 2. The van der Waals surface area contributed by atoms with Gasteiger partial charge in [0.05, 0.1) is 0 Å². The molecule has 0 aromatic carbocycles. The maximum absolute atomic E-state index is 5.25. The summed E-state index contributed by atoms with van der Waals surface area (Å²) in [4.78, 5) is 4.44. The Balaban J connectivity index is 0.000000963. The summed E-state index contributed by atoms with van der Waals surface area (Å²) in [6.07, 6.45) is 7.11. The lowest BCUT2D eigenvalue weighted by molar-refractivity contribution is 0.359. The van der Waals surface area contributed by atoms with Gasteiger partial charge >= 0.3 is 0 Å². The lowest BCUT2D eigenvalue weighted by atomic mass is 10.1. The van der Waals surface area contributed by atoms with Crippen molar-refractivity contribution in [2.75, 3.05) is 6.54 Å². The van der Waals surface area contributed by atoms with Crippen molar-refractivity contribution in [3.8, 4) is 0 Å². The van der Waals surface area contributed by atoms with Gasteiger partial charge in [0.1, 0.15) is 0 Å². The molecule has 1 aliphatic carbocycles. The summed E-state index contributed by atoms with van der Waals surface area (Å²) in [5.41, 5.74) is 0. The highest BCUT2D eigenvalue weighted by Gasteiger charge is 2.24. The van der Waals surface area contributed by atoms with E-state index in [2.05, 4.69) is 15.5 Å². The van der Waals surface area contributed by atoms with E-state index in [4.69, 9.17) is 4.52 Å². The Kier molecular flexibility index (Phi) is 3.82. The fraction of sp³-hybridized carbons (Fsp3) is 0.818. The van der Waals surface area contributed by atoms with Gasteiger partial charge in [-0.15, -0.1) is 12.4 Å². The molecule has 1 saturated carbocycles. The molecule has 0 radical (unpaired) electrons. The molecule has 0 spiro atoms. The summed E-state index contributed by atoms with van der Waals surface area (Å²) >= 11 is 0. The summed E-state index contributed by atoms with van der Waals surface area (Å²) in [5, 5.41) is 7.46. The Labute approximate surface area is 102 Å². The number of nitrogens with one attached hydrogen (secondary N) is 1. The van der Waals surface area contributed by atoms with E-state index in [-0.39, 0.29) is 12.4 Å². The first kappa shape index (κ1) is 11.9. The molecule has 1 unspecified atom stereocenters. The first-order chi connectivity index (χ1) is 7.40. The second-order valence-electron chi connectivity index (χ2n) is 4.75. The normalized spacial score (nSPS) is 24.4. The zero-order valence-electron chi connectivity index (χ0n) is 9.32. The van der Waals surface area contributed by atoms with Crippen LogP contribution >= 0.6 is 12.4 Å². The van der Waals surface area contributed by atoms with Gasteiger partial charge in [-0.3, -0.25) is 0 Å². The van der Waals surface area contributed by atoms with Crippen molar-refractivity contribution in [1.29, 1.82) is 0 Å². The van der Waals surface area contributed by atoms with Crippen LogP contribution < -0.4 is 5.32 Å². The molecule has 1 aromatic heterocycles. The van der Waals surface area contributed by atoms with Crippen LogP contribution in [0.5, 0.6) is 0 Å². The van der Waals surface area contributed by atoms with Crippen LogP contribution in [0.4, 0.5) is 0 Å². The van der Waals surface area contributed by atoms with Gasteiger partial charge in [0, 0.05) is 18.9 Å². The smallest absolute Gasteiger partial charge is 0.228 e. The van der Waals surface area contributed by atoms with Crippen LogP contribution in [0, 0.1) is 5.92 Å². The lowest BCUT2D eigenvalue weighted by Gasteiger charge is -2.04. The zero-order chi connectivity index (χ0) is 10.1. The topological polar surface area (TPSA) is 51.0 Å². The third kappa shape index (κ3) is 2.95. The molecule has 1 atom stereocenters. The Morgan fingerprint density at radius 1 is 1.25 bits per heavy atom. The molecular formula is C11H18ClN3O. The largest absolute Gasteiger partial charge is 0.339 e. The third-order valence-corrected chi connectivity index (χ3v) is 3.26. The molecule has 0 amide bonds. The molecule has 1 aliphatic heterocycles. The van der Waals surface area contributed by atoms with Crippen LogP contribution in [0.3, 0.4) is 0 Å². The summed E-state index contributed by atoms with van der Waals surface area (Å²) in [6.45, 7) is 1.13. The van der Waals surface area contributed by atoms with E-state index >= 15 is 0 Å². The molecule has 3 rings (SSSR count). The van der Waals surface area contributed by atoms with Crippen LogP contribution in [0.25, 0.3) is 0 Å². The van der Waals surface area contributed by atoms with E-state index in [0.717, 1.165) is 37.0 Å². The van der Waals surface area contributed by atoms with Crippen LogP contribution in [0.1, 0.15) is 37.4 Å². The molecule has 4 nitrogen and oxygen atoms in total. The predicted octanol–water partition coefficient (Wildman–Crippen LogP) is 1.74. The van der Waals surface area contributed by atoms with E-state index in [1.165, 1.54) is 25.7 Å². The number of hydrogen-bond donors (Lipinski definition) is 1. The molecule has 2 heterocycles. The standard InChI is InChI=1S/C11H17N3O.ClH/c1-2-9(12-5-1)7-11-13-10(14-15-11)6-8-3-4-8;/h8-9,12H,1-7H2;1H. The third-order valence-electron chi connectivity index (χ3n) is 3.26. The average Bonchev–Trinajstić information content (AvgIpc) is 2.74. The van der Waals surface area contributed by atoms with Gasteiger partial charge in [-0.2, -0.15) is 4.98 Å². The van der Waals surface area contributed by atoms with Gasteiger partial charge in [-0.25, -0.2) is 0 Å². The first-order valence-electron chi connectivity index (χ1n) is 5.95. The van der Waals surface area contributed by atoms with Gasteiger partial charge in [0.25, 0.3) is 0 Å². The maximum atomic E-state index is 5.25. The minimum atomic E-state index is 0. The molecule has 90 valence electrons. The summed E-state index contributed by atoms with van der Waals surface area (Å²) in [6, 6.07) is 0.555. The van der Waals surface area contributed by atoms with Crippen molar-refractivity contribution in [2.24, 2.45) is 5.92 Å². The van der Waals surface area contributed by atoms with Gasteiger partial charge < -0.3 is 9.84 Å². The quantitative estimate of drug-likeness (QED) is 0.875. The summed E-state index contributed by atoms with van der Waals surface area (Å²) in [7, 11) is 0. The van der Waals surface area contributed by atoms with Crippen LogP contribution in [0.2, 0.25) is 0 Å². The summed E-state index contributed by atoms with van der Waals surface area (Å²) < 4.78 is 5.25. The molecule has 2 aliphatic rings. The van der Waals surface area contributed by atoms with E-state index in [9.17, 15) is 0 Å². The van der Waals surface area contributed by atoms with Gasteiger partial charge in [0.15, 0.2) is 5.82 Å². The van der Waals surface area contributed by atoms with Gasteiger partial charge in [0.2, 0.25) is 5.89 Å². The molecule has 16 heavy (non-hydrogen) atoms. The molecule has 0 bridgehead atoms. The van der Waals surface area contributed by atoms with Crippen LogP contribution in [0.15, 0.2) is 4.52 Å². The average molecular weight is 244 g/mol. The Bertz CT molecular complexity index is 332. The van der Waals surface area contributed by atoms with Crippen molar-refractivity contribution >= 4 is 12.4 Å². The van der Waals surface area contributed by atoms with Gasteiger partial charge in [-0.1, -0.05) is 5.16 Å². The highest BCUT2D eigenvalue weighted by atomic mass is 35.5. The van der Waals surface area contributed by atoms with Crippen molar-refractivity contribution in [3.63, 3.8) is 0 Å². The van der Waals surface area contributed by atoms with E-state index < -0.39 is 0 Å². The Morgan fingerprint density at radius 3 is 2.81 bits per heavy atom. The second kappa shape index (κ2) is 5.15. The Hall–Kier alpha value is -0.610. The van der Waals surface area contributed by atoms with E-state index in [0.29, 0.717) is 6.04 Å². The lowest BCUT2D eigenvalue weighted by Crippen LogP contribution is -2.23. The molecule has 1 N–H and O–H groups in total. The number of hydrogen-bond acceptors (Lipinski definition) is 4. The monoisotopic (exact) mass is 243 g/mol. The Morgan fingerprint density at radius 2 is 2.12 bits per heavy atom. The highest BCUT2D eigenvalue weighted by molar-refractivity contribution is 5.85. The van der Waals surface area contributed by atoms with E-state index in [1.54, 1.807) is 0 Å². The molecule has 1 aromatic rings. The van der Waals surface area contributed by atoms with Crippen molar-refractivity contribution in [1.82, 2.24) is 15.5 Å². The van der Waals surface area contributed by atoms with Crippen LogP contribution in [-0.2, 0) is 12.8 Å². The molecule has 1 saturated heterocycles. The van der Waals surface area contributed by atoms with Crippen molar-refractivity contribution in [3.05, 3.63) is 11.7 Å². The predicted molar refractivity (Wildman–Crippen MR) is 62.7 cm³/mol. The van der Waals surface area contributed by atoms with E-state index in [1.807, 2.05) is 0 Å².